The van der Waals surface area contributed by atoms with E-state index in [1.54, 1.807) is 30.3 Å². The van der Waals surface area contributed by atoms with Gasteiger partial charge in [0.2, 0.25) is 10.9 Å². The maximum Gasteiger partial charge on any atom is 0.286 e. The number of nitrogens with zero attached hydrogens (tertiary/aromatic N) is 2. The predicted octanol–water partition coefficient (Wildman–Crippen LogP) is 3.57. The molecule has 8 heteroatoms. The SMILES string of the molecule is O=C(CCCc1nnc(C(=O)Nc2ccccc2)s1)NCc1ccccc1F. The van der Waals surface area contributed by atoms with Crippen LogP contribution in [-0.4, -0.2) is 22.0 Å². The highest BCUT2D eigenvalue weighted by Gasteiger charge is 2.13. The number of amides is 2. The fourth-order valence-electron chi connectivity index (χ4n) is 2.48. The van der Waals surface area contributed by atoms with E-state index in [2.05, 4.69) is 20.8 Å². The molecule has 0 radical (unpaired) electrons. The predicted molar refractivity (Wildman–Crippen MR) is 105 cm³/mol. The lowest BCUT2D eigenvalue weighted by Crippen LogP contribution is -2.23. The summed E-state index contributed by atoms with van der Waals surface area (Å²) in [6.45, 7) is 0.161. The largest absolute Gasteiger partial charge is 0.352 e. The number of para-hydroxylation sites is 1. The number of rotatable bonds is 8. The van der Waals surface area contributed by atoms with E-state index in [-0.39, 0.29) is 29.2 Å². The molecular formula is C20H19FN4O2S. The Morgan fingerprint density at radius 3 is 2.54 bits per heavy atom. The summed E-state index contributed by atoms with van der Waals surface area (Å²) in [5.74, 6) is -0.801. The van der Waals surface area contributed by atoms with Crippen LogP contribution >= 0.6 is 11.3 Å². The summed E-state index contributed by atoms with van der Waals surface area (Å²) >= 11 is 1.21. The quantitative estimate of drug-likeness (QED) is 0.608. The highest BCUT2D eigenvalue weighted by molar-refractivity contribution is 7.13. The molecule has 0 aliphatic carbocycles. The van der Waals surface area contributed by atoms with E-state index in [1.807, 2.05) is 18.2 Å². The van der Waals surface area contributed by atoms with E-state index in [1.165, 1.54) is 17.4 Å². The molecule has 0 saturated heterocycles. The van der Waals surface area contributed by atoms with Crippen LogP contribution in [0.4, 0.5) is 10.1 Å². The molecule has 0 bridgehead atoms. The van der Waals surface area contributed by atoms with Crippen LogP contribution < -0.4 is 10.6 Å². The van der Waals surface area contributed by atoms with E-state index in [4.69, 9.17) is 0 Å². The minimum absolute atomic E-state index is 0.158. The number of halogens is 1. The van der Waals surface area contributed by atoms with Crippen LogP contribution in [0.15, 0.2) is 54.6 Å². The van der Waals surface area contributed by atoms with Gasteiger partial charge in [-0.3, -0.25) is 9.59 Å². The number of benzene rings is 2. The molecule has 144 valence electrons. The fourth-order valence-corrected chi connectivity index (χ4v) is 3.25. The van der Waals surface area contributed by atoms with Crippen molar-refractivity contribution in [3.05, 3.63) is 76.0 Å². The first-order valence-corrected chi connectivity index (χ1v) is 9.62. The molecule has 0 aliphatic heterocycles. The highest BCUT2D eigenvalue weighted by atomic mass is 32.1. The summed E-state index contributed by atoms with van der Waals surface area (Å²) in [6, 6.07) is 15.4. The van der Waals surface area contributed by atoms with Gasteiger partial charge in [-0.1, -0.05) is 47.7 Å². The van der Waals surface area contributed by atoms with Crippen LogP contribution in [0.2, 0.25) is 0 Å². The Balaban J connectivity index is 1.41. The van der Waals surface area contributed by atoms with Gasteiger partial charge in [0.25, 0.3) is 5.91 Å². The maximum absolute atomic E-state index is 13.5. The van der Waals surface area contributed by atoms with Gasteiger partial charge in [-0.2, -0.15) is 0 Å². The monoisotopic (exact) mass is 398 g/mol. The molecule has 2 amide bonds. The Morgan fingerprint density at radius 1 is 1.00 bits per heavy atom. The van der Waals surface area contributed by atoms with Crippen molar-refractivity contribution in [2.24, 2.45) is 0 Å². The topological polar surface area (TPSA) is 84.0 Å². The number of carbonyl (C=O) groups is 2. The number of nitrogens with one attached hydrogen (secondary N) is 2. The summed E-state index contributed by atoms with van der Waals surface area (Å²) in [5, 5.41) is 14.4. The number of hydrogen-bond donors (Lipinski definition) is 2. The molecule has 0 atom stereocenters. The molecule has 2 aromatic carbocycles. The van der Waals surface area contributed by atoms with Gasteiger partial charge in [-0.15, -0.1) is 10.2 Å². The van der Waals surface area contributed by atoms with Crippen molar-refractivity contribution in [2.45, 2.75) is 25.8 Å². The van der Waals surface area contributed by atoms with Gasteiger partial charge in [0.15, 0.2) is 0 Å². The molecule has 3 rings (SSSR count). The zero-order valence-corrected chi connectivity index (χ0v) is 15.8. The maximum atomic E-state index is 13.5. The van der Waals surface area contributed by atoms with Gasteiger partial charge in [-0.25, -0.2) is 4.39 Å². The van der Waals surface area contributed by atoms with Gasteiger partial charge in [0.05, 0.1) is 0 Å². The van der Waals surface area contributed by atoms with Gasteiger partial charge in [-0.05, 0) is 24.6 Å². The average molecular weight is 398 g/mol. The van der Waals surface area contributed by atoms with Crippen LogP contribution in [0, 0.1) is 5.82 Å². The number of aryl methyl sites for hydroxylation is 1. The van der Waals surface area contributed by atoms with Crippen molar-refractivity contribution in [3.8, 4) is 0 Å². The van der Waals surface area contributed by atoms with Crippen molar-refractivity contribution < 1.29 is 14.0 Å². The average Bonchev–Trinajstić information content (AvgIpc) is 3.17. The molecule has 0 saturated carbocycles. The van der Waals surface area contributed by atoms with Crippen molar-refractivity contribution in [3.63, 3.8) is 0 Å². The minimum Gasteiger partial charge on any atom is -0.352 e. The first-order chi connectivity index (χ1) is 13.6. The summed E-state index contributed by atoms with van der Waals surface area (Å²) in [4.78, 5) is 24.1. The number of hydrogen-bond acceptors (Lipinski definition) is 5. The third-order valence-corrected chi connectivity index (χ3v) is 4.90. The van der Waals surface area contributed by atoms with Crippen molar-refractivity contribution in [2.75, 3.05) is 5.32 Å². The van der Waals surface area contributed by atoms with E-state index in [9.17, 15) is 14.0 Å². The molecule has 1 aromatic heterocycles. The second-order valence-corrected chi connectivity index (χ2v) is 7.10. The summed E-state index contributed by atoms with van der Waals surface area (Å²) in [6.07, 6.45) is 1.40. The van der Waals surface area contributed by atoms with Gasteiger partial charge in [0.1, 0.15) is 10.8 Å². The summed E-state index contributed by atoms with van der Waals surface area (Å²) in [5.41, 5.74) is 1.14. The van der Waals surface area contributed by atoms with E-state index >= 15 is 0 Å². The number of anilines is 1. The lowest BCUT2D eigenvalue weighted by molar-refractivity contribution is -0.121. The molecule has 0 spiro atoms. The Labute approximate surface area is 165 Å². The van der Waals surface area contributed by atoms with Crippen molar-refractivity contribution in [1.29, 1.82) is 0 Å². The molecule has 2 N–H and O–H groups in total. The van der Waals surface area contributed by atoms with E-state index < -0.39 is 0 Å². The third kappa shape index (κ3) is 5.68. The Hall–Kier alpha value is -3.13. The third-order valence-electron chi connectivity index (χ3n) is 3.92. The zero-order chi connectivity index (χ0) is 19.8. The van der Waals surface area contributed by atoms with E-state index in [0.29, 0.717) is 35.5 Å². The second kappa shape index (κ2) is 9.70. The summed E-state index contributed by atoms with van der Waals surface area (Å²) < 4.78 is 13.5. The Bertz CT molecular complexity index is 946. The minimum atomic E-state index is -0.335. The van der Waals surface area contributed by atoms with Crippen molar-refractivity contribution >= 4 is 28.8 Å². The molecule has 3 aromatic rings. The fraction of sp³-hybridized carbons (Fsp3) is 0.200. The van der Waals surface area contributed by atoms with Gasteiger partial charge < -0.3 is 10.6 Å². The van der Waals surface area contributed by atoms with Crippen LogP contribution in [0.5, 0.6) is 0 Å². The van der Waals surface area contributed by atoms with Crippen LogP contribution in [0.25, 0.3) is 0 Å². The lowest BCUT2D eigenvalue weighted by atomic mass is 10.2. The first kappa shape index (κ1) is 19.6. The smallest absolute Gasteiger partial charge is 0.286 e. The molecule has 0 unspecified atom stereocenters. The van der Waals surface area contributed by atoms with E-state index in [0.717, 1.165) is 0 Å². The number of carbonyl (C=O) groups excluding carboxylic acids is 2. The second-order valence-electron chi connectivity index (χ2n) is 6.04. The van der Waals surface area contributed by atoms with Crippen LogP contribution in [-0.2, 0) is 17.8 Å². The normalized spacial score (nSPS) is 10.5. The lowest BCUT2D eigenvalue weighted by Gasteiger charge is -2.05. The van der Waals surface area contributed by atoms with Gasteiger partial charge in [0, 0.05) is 30.6 Å². The number of aromatic nitrogens is 2. The summed E-state index contributed by atoms with van der Waals surface area (Å²) in [7, 11) is 0. The Morgan fingerprint density at radius 2 is 1.75 bits per heavy atom. The molecule has 6 nitrogen and oxygen atoms in total. The highest BCUT2D eigenvalue weighted by Crippen LogP contribution is 2.15. The van der Waals surface area contributed by atoms with Crippen LogP contribution in [0.1, 0.15) is 33.2 Å². The van der Waals surface area contributed by atoms with Crippen LogP contribution in [0.3, 0.4) is 0 Å². The molecule has 1 heterocycles. The van der Waals surface area contributed by atoms with Gasteiger partial charge >= 0.3 is 0 Å². The Kier molecular flexibility index (Phi) is 6.80. The zero-order valence-electron chi connectivity index (χ0n) is 15.0. The molecule has 0 aliphatic rings. The first-order valence-electron chi connectivity index (χ1n) is 8.80. The standard InChI is InChI=1S/C20H19FN4O2S/c21-16-10-5-4-7-14(16)13-22-17(26)11-6-12-18-24-25-20(28-18)19(27)23-15-8-2-1-3-9-15/h1-5,7-10H,6,11-13H2,(H,22,26)(H,23,27). The molecular weight excluding hydrogens is 379 g/mol. The molecule has 28 heavy (non-hydrogen) atoms. The molecule has 0 fully saturated rings. The van der Waals surface area contributed by atoms with Crippen molar-refractivity contribution in [1.82, 2.24) is 15.5 Å².